The van der Waals surface area contributed by atoms with E-state index in [0.29, 0.717) is 35.5 Å². The molecular weight excluding hydrogens is 476 g/mol. The molecule has 7 nitrogen and oxygen atoms in total. The van der Waals surface area contributed by atoms with Gasteiger partial charge in [-0.05, 0) is 79.6 Å². The number of carbonyl (C=O) groups is 3. The van der Waals surface area contributed by atoms with Crippen molar-refractivity contribution in [2.45, 2.75) is 19.8 Å². The number of benzene rings is 4. The van der Waals surface area contributed by atoms with Crippen LogP contribution in [0.25, 0.3) is 0 Å². The van der Waals surface area contributed by atoms with Crippen molar-refractivity contribution in [2.24, 2.45) is 0 Å². The van der Waals surface area contributed by atoms with Crippen LogP contribution in [0.15, 0.2) is 103 Å². The van der Waals surface area contributed by atoms with Crippen molar-refractivity contribution in [1.29, 1.82) is 0 Å². The second kappa shape index (κ2) is 12.9. The van der Waals surface area contributed by atoms with Gasteiger partial charge in [0.2, 0.25) is 11.8 Å². The summed E-state index contributed by atoms with van der Waals surface area (Å²) in [4.78, 5) is 37.0. The van der Waals surface area contributed by atoms with Gasteiger partial charge in [-0.1, -0.05) is 48.0 Å². The van der Waals surface area contributed by atoms with Crippen LogP contribution in [0.1, 0.15) is 27.9 Å². The summed E-state index contributed by atoms with van der Waals surface area (Å²) >= 11 is 0. The zero-order chi connectivity index (χ0) is 26.7. The predicted molar refractivity (Wildman–Crippen MR) is 153 cm³/mol. The van der Waals surface area contributed by atoms with Gasteiger partial charge < -0.3 is 21.3 Å². The molecule has 4 rings (SSSR count). The molecule has 4 N–H and O–H groups in total. The van der Waals surface area contributed by atoms with E-state index in [1.165, 1.54) is 0 Å². The van der Waals surface area contributed by atoms with E-state index in [4.69, 9.17) is 0 Å². The highest BCUT2D eigenvalue weighted by molar-refractivity contribution is 6.04. The van der Waals surface area contributed by atoms with E-state index in [9.17, 15) is 14.4 Å². The summed E-state index contributed by atoms with van der Waals surface area (Å²) in [6, 6.07) is 31.4. The Morgan fingerprint density at radius 3 is 1.82 bits per heavy atom. The lowest BCUT2D eigenvalue weighted by molar-refractivity contribution is -0.116. The van der Waals surface area contributed by atoms with Crippen LogP contribution in [0.4, 0.5) is 22.7 Å². The predicted octanol–water partition coefficient (Wildman–Crippen LogP) is 5.87. The Kier molecular flexibility index (Phi) is 8.86. The molecule has 3 amide bonds. The molecule has 0 heterocycles. The molecule has 4 aromatic carbocycles. The van der Waals surface area contributed by atoms with E-state index in [0.717, 1.165) is 16.8 Å². The molecule has 0 spiro atoms. The van der Waals surface area contributed by atoms with Gasteiger partial charge in [0.15, 0.2) is 0 Å². The monoisotopic (exact) mass is 506 g/mol. The first-order valence-electron chi connectivity index (χ1n) is 12.4. The fourth-order valence-electron chi connectivity index (χ4n) is 3.81. The molecule has 0 aliphatic heterocycles. The summed E-state index contributed by atoms with van der Waals surface area (Å²) in [6.07, 6.45) is 1.09. The minimum atomic E-state index is -0.208. The standard InChI is InChI=1S/C31H30N4O3/c1-22-6-5-9-24(20-22)31(38)35-28-17-15-27(16-18-28)34-30(37)21-32-25-11-13-26(14-12-25)33-29(36)19-10-23-7-3-2-4-8-23/h2-9,11-18,20,32H,10,19,21H2,1H3,(H,33,36)(H,34,37)(H,35,38). The zero-order valence-electron chi connectivity index (χ0n) is 21.2. The van der Waals surface area contributed by atoms with Gasteiger partial charge in [-0.2, -0.15) is 0 Å². The van der Waals surface area contributed by atoms with E-state index < -0.39 is 0 Å². The number of rotatable bonds is 10. The van der Waals surface area contributed by atoms with Gasteiger partial charge in [-0.25, -0.2) is 0 Å². The molecule has 0 radical (unpaired) electrons. The van der Waals surface area contributed by atoms with Crippen LogP contribution in [0, 0.1) is 6.92 Å². The number of nitrogens with one attached hydrogen (secondary N) is 4. The van der Waals surface area contributed by atoms with Crippen molar-refractivity contribution in [3.05, 3.63) is 120 Å². The van der Waals surface area contributed by atoms with Gasteiger partial charge in [-0.3, -0.25) is 14.4 Å². The first kappa shape index (κ1) is 26.2. The Hall–Kier alpha value is -4.91. The average Bonchev–Trinajstić information content (AvgIpc) is 2.93. The van der Waals surface area contributed by atoms with Crippen LogP contribution in [0.2, 0.25) is 0 Å². The summed E-state index contributed by atoms with van der Waals surface area (Å²) in [5.41, 5.74) is 5.46. The largest absolute Gasteiger partial charge is 0.376 e. The molecule has 4 aromatic rings. The first-order valence-corrected chi connectivity index (χ1v) is 12.4. The molecule has 0 aromatic heterocycles. The third-order valence-corrected chi connectivity index (χ3v) is 5.81. The fraction of sp³-hybridized carbons (Fsp3) is 0.129. The third kappa shape index (κ3) is 8.06. The maximum absolute atomic E-state index is 12.4. The highest BCUT2D eigenvalue weighted by atomic mass is 16.2. The molecular formula is C31H30N4O3. The van der Waals surface area contributed by atoms with Crippen molar-refractivity contribution < 1.29 is 14.4 Å². The fourth-order valence-corrected chi connectivity index (χ4v) is 3.81. The minimum absolute atomic E-state index is 0.0466. The summed E-state index contributed by atoms with van der Waals surface area (Å²) in [5, 5.41) is 11.6. The Morgan fingerprint density at radius 2 is 1.18 bits per heavy atom. The van der Waals surface area contributed by atoms with E-state index >= 15 is 0 Å². The van der Waals surface area contributed by atoms with Gasteiger partial charge in [0, 0.05) is 34.7 Å². The van der Waals surface area contributed by atoms with Crippen molar-refractivity contribution >= 4 is 40.5 Å². The smallest absolute Gasteiger partial charge is 0.255 e. The van der Waals surface area contributed by atoms with Gasteiger partial charge in [0.1, 0.15) is 0 Å². The lowest BCUT2D eigenvalue weighted by atomic mass is 10.1. The first-order chi connectivity index (χ1) is 18.4. The van der Waals surface area contributed by atoms with E-state index in [1.807, 2.05) is 67.6 Å². The molecule has 0 bridgehead atoms. The molecule has 0 fully saturated rings. The van der Waals surface area contributed by atoms with Crippen LogP contribution in [0.5, 0.6) is 0 Å². The topological polar surface area (TPSA) is 99.3 Å². The third-order valence-electron chi connectivity index (χ3n) is 5.81. The maximum Gasteiger partial charge on any atom is 0.255 e. The summed E-state index contributed by atoms with van der Waals surface area (Å²) in [7, 11) is 0. The van der Waals surface area contributed by atoms with Crippen molar-refractivity contribution in [1.82, 2.24) is 0 Å². The summed E-state index contributed by atoms with van der Waals surface area (Å²) in [5.74, 6) is -0.443. The normalized spacial score (nSPS) is 10.3. The lowest BCUT2D eigenvalue weighted by Crippen LogP contribution is -2.21. The zero-order valence-corrected chi connectivity index (χ0v) is 21.2. The van der Waals surface area contributed by atoms with Crippen LogP contribution in [0.3, 0.4) is 0 Å². The van der Waals surface area contributed by atoms with Crippen LogP contribution < -0.4 is 21.3 Å². The number of carbonyl (C=O) groups excluding carboxylic acids is 3. The molecule has 0 unspecified atom stereocenters. The molecule has 7 heteroatoms. The quantitative estimate of drug-likeness (QED) is 0.216. The molecule has 0 saturated heterocycles. The Balaban J connectivity index is 1.19. The van der Waals surface area contributed by atoms with Crippen molar-refractivity contribution in [3.63, 3.8) is 0 Å². The van der Waals surface area contributed by atoms with E-state index in [-0.39, 0.29) is 24.3 Å². The Labute approximate surface area is 222 Å². The molecule has 38 heavy (non-hydrogen) atoms. The second-order valence-electron chi connectivity index (χ2n) is 8.91. The van der Waals surface area contributed by atoms with Crippen LogP contribution in [-0.4, -0.2) is 24.3 Å². The number of anilines is 4. The van der Waals surface area contributed by atoms with Crippen LogP contribution >= 0.6 is 0 Å². The average molecular weight is 507 g/mol. The molecule has 192 valence electrons. The van der Waals surface area contributed by atoms with Gasteiger partial charge in [0.25, 0.3) is 5.91 Å². The van der Waals surface area contributed by atoms with E-state index in [2.05, 4.69) is 21.3 Å². The molecule has 0 aliphatic rings. The highest BCUT2D eigenvalue weighted by Crippen LogP contribution is 2.17. The van der Waals surface area contributed by atoms with Crippen LogP contribution in [-0.2, 0) is 16.0 Å². The SMILES string of the molecule is Cc1cccc(C(=O)Nc2ccc(NC(=O)CNc3ccc(NC(=O)CCc4ccccc4)cc3)cc2)c1. The van der Waals surface area contributed by atoms with Gasteiger partial charge in [-0.15, -0.1) is 0 Å². The molecule has 0 atom stereocenters. The highest BCUT2D eigenvalue weighted by Gasteiger charge is 2.08. The van der Waals surface area contributed by atoms with Gasteiger partial charge in [0.05, 0.1) is 6.54 Å². The second-order valence-corrected chi connectivity index (χ2v) is 8.91. The maximum atomic E-state index is 12.4. The number of aryl methyl sites for hydroxylation is 2. The minimum Gasteiger partial charge on any atom is -0.376 e. The summed E-state index contributed by atoms with van der Waals surface area (Å²) < 4.78 is 0. The van der Waals surface area contributed by atoms with Crippen molar-refractivity contribution in [2.75, 3.05) is 27.8 Å². The molecule has 0 saturated carbocycles. The number of hydrogen-bond acceptors (Lipinski definition) is 4. The number of hydrogen-bond donors (Lipinski definition) is 4. The Morgan fingerprint density at radius 1 is 0.605 bits per heavy atom. The Bertz CT molecular complexity index is 1390. The molecule has 0 aliphatic carbocycles. The van der Waals surface area contributed by atoms with Crippen molar-refractivity contribution in [3.8, 4) is 0 Å². The van der Waals surface area contributed by atoms with E-state index in [1.54, 1.807) is 42.5 Å². The lowest BCUT2D eigenvalue weighted by Gasteiger charge is -2.10. The number of amides is 3. The van der Waals surface area contributed by atoms with Gasteiger partial charge >= 0.3 is 0 Å². The summed E-state index contributed by atoms with van der Waals surface area (Å²) in [6.45, 7) is 2.02.